The van der Waals surface area contributed by atoms with Crippen LogP contribution in [-0.4, -0.2) is 16.3 Å². The first-order chi connectivity index (χ1) is 2.00. The van der Waals surface area contributed by atoms with Crippen LogP contribution in [0.15, 0.2) is 0 Å². The van der Waals surface area contributed by atoms with Gasteiger partial charge in [-0.1, -0.05) is 0 Å². The van der Waals surface area contributed by atoms with Crippen LogP contribution < -0.4 is 0 Å². The molecule has 0 aliphatic heterocycles. The van der Waals surface area contributed by atoms with E-state index >= 15 is 0 Å². The average molecular weight is 346 g/mol. The summed E-state index contributed by atoms with van der Waals surface area (Å²) in [5.74, 6) is 0. The Morgan fingerprint density at radius 2 is 0.800 bits per heavy atom. The molecule has 0 aromatic rings. The van der Waals surface area contributed by atoms with Gasteiger partial charge in [0, 0.05) is 0 Å². The van der Waals surface area contributed by atoms with E-state index in [9.17, 15) is 0 Å². The molecule has 0 nitrogen and oxygen atoms in total. The third kappa shape index (κ3) is 23.4. The molecule has 0 unspecified atom stereocenters. The van der Waals surface area contributed by atoms with Gasteiger partial charge in [0.1, 0.15) is 0 Å². The molecular weight excluding hydrogens is 346 g/mol. The van der Waals surface area contributed by atoms with E-state index in [1.807, 2.05) is 0 Å². The second-order valence-corrected chi connectivity index (χ2v) is 39.1. The Morgan fingerprint density at radius 3 is 0.800 bits per heavy atom. The summed E-state index contributed by atoms with van der Waals surface area (Å²) >= 11 is -3.44. The monoisotopic (exact) mass is 345 g/mol. The third-order valence-electron chi connectivity index (χ3n) is 0. The predicted molar refractivity (Wildman–Crippen MR) is 29.2 cm³/mol. The summed E-state index contributed by atoms with van der Waals surface area (Å²) in [5, 5.41) is 0. The summed E-state index contributed by atoms with van der Waals surface area (Å²) in [7, 11) is 20.2. The van der Waals surface area contributed by atoms with Crippen LogP contribution in [0.4, 0.5) is 0 Å². The molecule has 5 heavy (non-hydrogen) atoms. The van der Waals surface area contributed by atoms with E-state index in [0.717, 1.165) is 0 Å². The second kappa shape index (κ2) is 2.40. The topological polar surface area (TPSA) is 0 Å². The van der Waals surface area contributed by atoms with Crippen LogP contribution in [0.1, 0.15) is 0 Å². The van der Waals surface area contributed by atoms with Crippen molar-refractivity contribution in [1.29, 1.82) is 0 Å². The molecule has 0 rings (SSSR count). The van der Waals surface area contributed by atoms with Crippen molar-refractivity contribution in [1.82, 2.24) is 0 Å². The first-order valence-corrected chi connectivity index (χ1v) is 23.0. The van der Waals surface area contributed by atoms with E-state index in [-0.39, 0.29) is 0 Å². The van der Waals surface area contributed by atoms with Gasteiger partial charge in [-0.25, -0.2) is 0 Å². The maximum atomic E-state index is 5.06. The Morgan fingerprint density at radius 1 is 0.800 bits per heavy atom. The summed E-state index contributed by atoms with van der Waals surface area (Å²) in [5.41, 5.74) is 0. The molecule has 0 spiro atoms. The van der Waals surface area contributed by atoms with E-state index in [1.54, 1.807) is 0 Å². The molecule has 0 saturated carbocycles. The normalized spacial score (nSPS) is 12.0. The predicted octanol–water partition coefficient (Wildman–Crippen LogP) is 2.38. The van der Waals surface area contributed by atoms with Gasteiger partial charge in [-0.3, -0.25) is 0 Å². The van der Waals surface area contributed by atoms with Gasteiger partial charge in [0.2, 0.25) is 0 Å². The summed E-state index contributed by atoms with van der Waals surface area (Å²) in [4.78, 5) is 0. The first-order valence-electron chi connectivity index (χ1n) is 0.873. The Balaban J connectivity index is 3.02. The molecule has 0 aromatic carbocycles. The summed E-state index contributed by atoms with van der Waals surface area (Å²) in [6, 6.07) is 0. The number of rotatable bonds is 0. The van der Waals surface area contributed by atoms with Crippen molar-refractivity contribution >= 4 is 49.5 Å². The Kier molecular flexibility index (Phi) is 3.41. The van der Waals surface area contributed by atoms with Crippen LogP contribution >= 0.6 is 33.3 Å². The zero-order valence-electron chi connectivity index (χ0n) is 2.09. The van der Waals surface area contributed by atoms with E-state index in [1.165, 1.54) is 0 Å². The summed E-state index contributed by atoms with van der Waals surface area (Å²) in [6.45, 7) is 0. The molecule has 0 aliphatic rings. The van der Waals surface area contributed by atoms with Gasteiger partial charge in [-0.2, -0.15) is 0 Å². The number of hydrogen-bond donors (Lipinski definition) is 0. The van der Waals surface area contributed by atoms with Gasteiger partial charge < -0.3 is 0 Å². The maximum absolute atomic E-state index is 5.06. The van der Waals surface area contributed by atoms with Crippen LogP contribution in [0, 0.1) is 0 Å². The Bertz CT molecular complexity index is 19.1. The van der Waals surface area contributed by atoms with E-state index in [0.29, 0.717) is 0 Å². The van der Waals surface area contributed by atoms with E-state index in [2.05, 4.69) is 0 Å². The molecular formula is Cl4Tl. The summed E-state index contributed by atoms with van der Waals surface area (Å²) < 4.78 is 0. The summed E-state index contributed by atoms with van der Waals surface area (Å²) in [6.07, 6.45) is 0. The van der Waals surface area contributed by atoms with Crippen molar-refractivity contribution in [3.63, 3.8) is 0 Å². The minimum atomic E-state index is -3.44. The molecule has 0 fully saturated rings. The molecule has 31 valence electrons. The van der Waals surface area contributed by atoms with Crippen LogP contribution in [-0.2, 0) is 0 Å². The molecule has 0 heterocycles. The van der Waals surface area contributed by atoms with Gasteiger partial charge in [0.25, 0.3) is 0 Å². The quantitative estimate of drug-likeness (QED) is 0.591. The van der Waals surface area contributed by atoms with Crippen LogP contribution in [0.3, 0.4) is 0 Å². The van der Waals surface area contributed by atoms with Gasteiger partial charge in [-0.05, 0) is 0 Å². The van der Waals surface area contributed by atoms with Gasteiger partial charge in [0.15, 0.2) is 0 Å². The first kappa shape index (κ1) is 7.08. The van der Waals surface area contributed by atoms with Gasteiger partial charge in [0.05, 0.1) is 0 Å². The molecule has 0 aromatic heterocycles. The second-order valence-electron chi connectivity index (χ2n) is 0.495. The molecule has 0 N–H and O–H groups in total. The van der Waals surface area contributed by atoms with E-state index in [4.69, 9.17) is 33.3 Å². The fourth-order valence-electron chi connectivity index (χ4n) is 0. The van der Waals surface area contributed by atoms with Crippen molar-refractivity contribution < 1.29 is 0 Å². The zero-order valence-corrected chi connectivity index (χ0v) is 9.60. The Labute approximate surface area is 48.9 Å². The van der Waals surface area contributed by atoms with Crippen molar-refractivity contribution in [3.8, 4) is 0 Å². The van der Waals surface area contributed by atoms with Crippen molar-refractivity contribution in [3.05, 3.63) is 0 Å². The van der Waals surface area contributed by atoms with Crippen LogP contribution in [0.2, 0.25) is 0 Å². The molecule has 5 heteroatoms. The average Bonchev–Trinajstić information content (AvgIpc) is 0.722. The molecule has 0 atom stereocenters. The van der Waals surface area contributed by atoms with Crippen molar-refractivity contribution in [2.45, 2.75) is 0 Å². The van der Waals surface area contributed by atoms with Gasteiger partial charge >= 0.3 is 49.5 Å². The van der Waals surface area contributed by atoms with Crippen LogP contribution in [0.25, 0.3) is 0 Å². The fraction of sp³-hybridized carbons (Fsp3) is 0. The van der Waals surface area contributed by atoms with Crippen LogP contribution in [0.5, 0.6) is 0 Å². The minimum absolute atomic E-state index is 3.44. The van der Waals surface area contributed by atoms with E-state index < -0.39 is 16.3 Å². The molecule has 0 radical (unpaired) electrons. The molecule has 0 aliphatic carbocycles. The molecule has 0 amide bonds. The Hall–Kier alpha value is 2.08. The number of hydrogen-bond acceptors (Lipinski definition) is 0. The SMILES string of the molecule is [Cl][Tl]([Cl])([Cl])[Cl]. The van der Waals surface area contributed by atoms with Crippen molar-refractivity contribution in [2.24, 2.45) is 0 Å². The number of halogens is 4. The third-order valence-corrected chi connectivity index (χ3v) is 0. The fourth-order valence-corrected chi connectivity index (χ4v) is 0. The van der Waals surface area contributed by atoms with Crippen molar-refractivity contribution in [2.75, 3.05) is 0 Å². The zero-order chi connectivity index (χ0) is 4.50. The molecule has 0 bridgehead atoms. The molecule has 0 saturated heterocycles. The van der Waals surface area contributed by atoms with Gasteiger partial charge in [-0.15, -0.1) is 0 Å². The standard InChI is InChI=1S/4ClH.Tl/h4*1H;/q;;;;+4/p-4.